The molecule has 0 aromatic carbocycles. The van der Waals surface area contributed by atoms with Crippen LogP contribution in [0.2, 0.25) is 0 Å². The smallest absolute Gasteiger partial charge is 0.305 e. The molecule has 0 bridgehead atoms. The molecule has 2 N–H and O–H groups in total. The highest BCUT2D eigenvalue weighted by molar-refractivity contribution is 5.45. The van der Waals surface area contributed by atoms with Gasteiger partial charge in [0.1, 0.15) is 12.2 Å². The molecule has 94 valence electrons. The Labute approximate surface area is 103 Å². The van der Waals surface area contributed by atoms with Gasteiger partial charge < -0.3 is 10.5 Å². The molecule has 1 fully saturated rings. The van der Waals surface area contributed by atoms with Crippen molar-refractivity contribution in [3.8, 4) is 11.9 Å². The highest BCUT2D eigenvalue weighted by Gasteiger charge is 2.24. The molecule has 2 atom stereocenters. The summed E-state index contributed by atoms with van der Waals surface area (Å²) in [5, 5.41) is 19.4. The van der Waals surface area contributed by atoms with Gasteiger partial charge in [0.05, 0.1) is 4.92 Å². The number of hydrogen-bond acceptors (Lipinski definition) is 6. The molecule has 1 aromatic heterocycles. The Bertz CT molecular complexity index is 512. The molecule has 1 aliphatic carbocycles. The average molecular weight is 248 g/mol. The summed E-state index contributed by atoms with van der Waals surface area (Å²) >= 11 is 0. The summed E-state index contributed by atoms with van der Waals surface area (Å²) in [5.41, 5.74) is 5.21. The Morgan fingerprint density at radius 2 is 2.33 bits per heavy atom. The average Bonchev–Trinajstić information content (AvgIpc) is 2.74. The second kappa shape index (κ2) is 4.98. The number of hydrogen-bond donors (Lipinski definition) is 1. The normalized spacial score (nSPS) is 22.4. The van der Waals surface area contributed by atoms with Crippen LogP contribution in [-0.4, -0.2) is 22.1 Å². The highest BCUT2D eigenvalue weighted by Crippen LogP contribution is 2.25. The SMILES string of the molecule is N#Cc1nc(OC2CCC(N)C2)ccc1[N+](=O)[O-]. The number of aromatic nitrogens is 1. The molecular formula is C11H12N4O3. The lowest BCUT2D eigenvalue weighted by atomic mass is 10.3. The zero-order valence-corrected chi connectivity index (χ0v) is 9.57. The third-order valence-corrected chi connectivity index (χ3v) is 2.86. The van der Waals surface area contributed by atoms with Crippen LogP contribution in [0.25, 0.3) is 0 Å². The molecule has 1 aliphatic rings. The van der Waals surface area contributed by atoms with E-state index in [0.29, 0.717) is 0 Å². The third kappa shape index (κ3) is 2.55. The fraction of sp³-hybridized carbons (Fsp3) is 0.455. The minimum absolute atomic E-state index is 0.0273. The van der Waals surface area contributed by atoms with Crippen LogP contribution in [0.5, 0.6) is 5.88 Å². The summed E-state index contributed by atoms with van der Waals surface area (Å²) in [5.74, 6) is 0.233. The van der Waals surface area contributed by atoms with Crippen LogP contribution in [0, 0.1) is 21.4 Å². The van der Waals surface area contributed by atoms with E-state index in [1.165, 1.54) is 12.1 Å². The van der Waals surface area contributed by atoms with E-state index in [9.17, 15) is 10.1 Å². The maximum absolute atomic E-state index is 10.6. The van der Waals surface area contributed by atoms with Crippen molar-refractivity contribution in [2.45, 2.75) is 31.4 Å². The van der Waals surface area contributed by atoms with Gasteiger partial charge in [-0.2, -0.15) is 10.2 Å². The quantitative estimate of drug-likeness (QED) is 0.633. The molecule has 1 saturated carbocycles. The Kier molecular flexibility index (Phi) is 3.39. The van der Waals surface area contributed by atoms with Crippen molar-refractivity contribution in [2.24, 2.45) is 5.73 Å². The van der Waals surface area contributed by atoms with Crippen LogP contribution in [0.15, 0.2) is 12.1 Å². The number of nitriles is 1. The van der Waals surface area contributed by atoms with Crippen LogP contribution >= 0.6 is 0 Å². The molecule has 0 saturated heterocycles. The van der Waals surface area contributed by atoms with Crippen LogP contribution in [0.1, 0.15) is 25.0 Å². The maximum Gasteiger partial charge on any atom is 0.305 e. The van der Waals surface area contributed by atoms with Gasteiger partial charge in [-0.1, -0.05) is 0 Å². The molecular weight excluding hydrogens is 236 g/mol. The molecule has 1 heterocycles. The first kappa shape index (κ1) is 12.3. The summed E-state index contributed by atoms with van der Waals surface area (Å²) in [6, 6.07) is 4.46. The van der Waals surface area contributed by atoms with Crippen molar-refractivity contribution in [1.82, 2.24) is 4.98 Å². The van der Waals surface area contributed by atoms with E-state index in [2.05, 4.69) is 4.98 Å². The van der Waals surface area contributed by atoms with Gasteiger partial charge in [-0.3, -0.25) is 10.1 Å². The van der Waals surface area contributed by atoms with E-state index >= 15 is 0 Å². The second-order valence-electron chi connectivity index (χ2n) is 4.20. The zero-order chi connectivity index (χ0) is 13.1. The second-order valence-corrected chi connectivity index (χ2v) is 4.20. The summed E-state index contributed by atoms with van der Waals surface area (Å²) in [4.78, 5) is 13.8. The number of ether oxygens (including phenoxy) is 1. The number of nitro groups is 1. The monoisotopic (exact) mass is 248 g/mol. The molecule has 7 heteroatoms. The van der Waals surface area contributed by atoms with Gasteiger partial charge in [0.25, 0.3) is 0 Å². The Morgan fingerprint density at radius 1 is 1.56 bits per heavy atom. The molecule has 0 amide bonds. The Morgan fingerprint density at radius 3 is 2.89 bits per heavy atom. The van der Waals surface area contributed by atoms with Gasteiger partial charge in [0, 0.05) is 18.2 Å². The number of nitrogens with two attached hydrogens (primary N) is 1. The van der Waals surface area contributed by atoms with Gasteiger partial charge in [0.15, 0.2) is 0 Å². The number of pyridine rings is 1. The van der Waals surface area contributed by atoms with Crippen LogP contribution in [-0.2, 0) is 0 Å². The minimum Gasteiger partial charge on any atom is -0.474 e. The van der Waals surface area contributed by atoms with Gasteiger partial charge in [-0.15, -0.1) is 0 Å². The van der Waals surface area contributed by atoms with Crippen molar-refractivity contribution in [2.75, 3.05) is 0 Å². The van der Waals surface area contributed by atoms with Crippen molar-refractivity contribution < 1.29 is 9.66 Å². The lowest BCUT2D eigenvalue weighted by Gasteiger charge is -2.12. The number of nitrogens with zero attached hydrogens (tertiary/aromatic N) is 3. The maximum atomic E-state index is 10.6. The van der Waals surface area contributed by atoms with Crippen LogP contribution in [0.3, 0.4) is 0 Å². The standard InChI is InChI=1S/C11H12N4O3/c12-6-9-10(15(16)17)3-4-11(14-9)18-8-2-1-7(13)5-8/h3-4,7-8H,1-2,5,13H2. The largest absolute Gasteiger partial charge is 0.474 e. The first-order valence-electron chi connectivity index (χ1n) is 5.58. The minimum atomic E-state index is -0.638. The lowest BCUT2D eigenvalue weighted by Crippen LogP contribution is -2.19. The van der Waals surface area contributed by atoms with E-state index in [1.54, 1.807) is 6.07 Å². The van der Waals surface area contributed by atoms with Gasteiger partial charge in [0.2, 0.25) is 11.6 Å². The molecule has 2 rings (SSSR count). The van der Waals surface area contributed by atoms with Crippen molar-refractivity contribution in [3.63, 3.8) is 0 Å². The summed E-state index contributed by atoms with van der Waals surface area (Å²) in [6.07, 6.45) is 2.44. The van der Waals surface area contributed by atoms with Crippen molar-refractivity contribution in [1.29, 1.82) is 5.26 Å². The number of rotatable bonds is 3. The zero-order valence-electron chi connectivity index (χ0n) is 9.57. The fourth-order valence-corrected chi connectivity index (χ4v) is 1.98. The summed E-state index contributed by atoms with van der Waals surface area (Å²) in [6.45, 7) is 0. The van der Waals surface area contributed by atoms with Crippen molar-refractivity contribution in [3.05, 3.63) is 27.9 Å². The van der Waals surface area contributed by atoms with E-state index < -0.39 is 4.92 Å². The topological polar surface area (TPSA) is 115 Å². The van der Waals surface area contributed by atoms with Gasteiger partial charge >= 0.3 is 5.69 Å². The first-order chi connectivity index (χ1) is 8.60. The van der Waals surface area contributed by atoms with E-state index in [-0.39, 0.29) is 29.4 Å². The van der Waals surface area contributed by atoms with Gasteiger partial charge in [-0.05, 0) is 19.3 Å². The molecule has 1 aromatic rings. The molecule has 0 radical (unpaired) electrons. The predicted molar refractivity (Wildman–Crippen MR) is 61.8 cm³/mol. The summed E-state index contributed by atoms with van der Waals surface area (Å²) < 4.78 is 5.56. The molecule has 18 heavy (non-hydrogen) atoms. The Hall–Kier alpha value is -2.20. The molecule has 2 unspecified atom stereocenters. The molecule has 7 nitrogen and oxygen atoms in total. The predicted octanol–water partition coefficient (Wildman–Crippen LogP) is 1.12. The fourth-order valence-electron chi connectivity index (χ4n) is 1.98. The van der Waals surface area contributed by atoms with E-state index in [1.807, 2.05) is 0 Å². The molecule has 0 aliphatic heterocycles. The first-order valence-corrected chi connectivity index (χ1v) is 5.58. The lowest BCUT2D eigenvalue weighted by molar-refractivity contribution is -0.385. The van der Waals surface area contributed by atoms with Crippen molar-refractivity contribution >= 4 is 5.69 Å². The third-order valence-electron chi connectivity index (χ3n) is 2.86. The van der Waals surface area contributed by atoms with Crippen LogP contribution < -0.4 is 10.5 Å². The van der Waals surface area contributed by atoms with Crippen LogP contribution in [0.4, 0.5) is 5.69 Å². The Balaban J connectivity index is 2.15. The molecule has 0 spiro atoms. The van der Waals surface area contributed by atoms with E-state index in [0.717, 1.165) is 19.3 Å². The van der Waals surface area contributed by atoms with Gasteiger partial charge in [-0.25, -0.2) is 0 Å². The summed E-state index contributed by atoms with van der Waals surface area (Å²) in [7, 11) is 0. The van der Waals surface area contributed by atoms with E-state index in [4.69, 9.17) is 15.7 Å². The highest BCUT2D eigenvalue weighted by atomic mass is 16.6.